The third-order valence-electron chi connectivity index (χ3n) is 3.05. The maximum atomic E-state index is 11.6. The van der Waals surface area contributed by atoms with Crippen molar-refractivity contribution in [2.75, 3.05) is 6.61 Å². The van der Waals surface area contributed by atoms with Gasteiger partial charge in [0.25, 0.3) is 0 Å². The van der Waals surface area contributed by atoms with Gasteiger partial charge in [-0.3, -0.25) is 4.79 Å². The summed E-state index contributed by atoms with van der Waals surface area (Å²) < 4.78 is 10.7. The Bertz CT molecular complexity index is 671. The maximum absolute atomic E-state index is 11.6. The Morgan fingerprint density at radius 3 is 2.64 bits per heavy atom. The molecule has 0 radical (unpaired) electrons. The van der Waals surface area contributed by atoms with Gasteiger partial charge in [0.1, 0.15) is 12.4 Å². The van der Waals surface area contributed by atoms with Gasteiger partial charge >= 0.3 is 5.97 Å². The number of esters is 1. The SMILES string of the molecule is Cc1cccc(OCCC(=O)OCc2ccc(C#N)cc2)c1. The molecular formula is C18H17NO3. The van der Waals surface area contributed by atoms with E-state index in [1.165, 1.54) is 0 Å². The zero-order valence-electron chi connectivity index (χ0n) is 12.4. The third-order valence-corrected chi connectivity index (χ3v) is 3.05. The van der Waals surface area contributed by atoms with Gasteiger partial charge in [-0.05, 0) is 42.3 Å². The van der Waals surface area contributed by atoms with Crippen molar-refractivity contribution in [1.29, 1.82) is 5.26 Å². The number of nitrogens with zero attached hydrogens (tertiary/aromatic N) is 1. The lowest BCUT2D eigenvalue weighted by atomic mass is 10.2. The average Bonchev–Trinajstić information content (AvgIpc) is 2.53. The minimum Gasteiger partial charge on any atom is -0.493 e. The summed E-state index contributed by atoms with van der Waals surface area (Å²) in [7, 11) is 0. The molecule has 0 aliphatic carbocycles. The van der Waals surface area contributed by atoms with Gasteiger partial charge in [-0.2, -0.15) is 5.26 Å². The molecule has 0 aliphatic rings. The molecule has 0 unspecified atom stereocenters. The van der Waals surface area contributed by atoms with Gasteiger partial charge in [0.05, 0.1) is 24.7 Å². The fourth-order valence-corrected chi connectivity index (χ4v) is 1.87. The van der Waals surface area contributed by atoms with E-state index >= 15 is 0 Å². The third kappa shape index (κ3) is 4.95. The Morgan fingerprint density at radius 2 is 1.95 bits per heavy atom. The molecule has 0 N–H and O–H groups in total. The first-order chi connectivity index (χ1) is 10.7. The van der Waals surface area contributed by atoms with Crippen LogP contribution >= 0.6 is 0 Å². The van der Waals surface area contributed by atoms with Crippen molar-refractivity contribution in [1.82, 2.24) is 0 Å². The van der Waals surface area contributed by atoms with Crippen LogP contribution in [-0.4, -0.2) is 12.6 Å². The zero-order chi connectivity index (χ0) is 15.8. The van der Waals surface area contributed by atoms with Crippen LogP contribution in [0.1, 0.15) is 23.1 Å². The molecule has 2 aromatic carbocycles. The highest BCUT2D eigenvalue weighted by Crippen LogP contribution is 2.12. The molecule has 0 atom stereocenters. The lowest BCUT2D eigenvalue weighted by Gasteiger charge is -2.07. The second-order valence-corrected chi connectivity index (χ2v) is 4.88. The number of aryl methyl sites for hydroxylation is 1. The molecule has 2 aromatic rings. The number of carbonyl (C=O) groups excluding carboxylic acids is 1. The molecule has 0 amide bonds. The highest BCUT2D eigenvalue weighted by atomic mass is 16.5. The van der Waals surface area contributed by atoms with Gasteiger partial charge < -0.3 is 9.47 Å². The summed E-state index contributed by atoms with van der Waals surface area (Å²) in [4.78, 5) is 11.6. The summed E-state index contributed by atoms with van der Waals surface area (Å²) in [6.07, 6.45) is 0.199. The molecule has 0 aromatic heterocycles. The first-order valence-electron chi connectivity index (χ1n) is 7.01. The molecule has 0 heterocycles. The summed E-state index contributed by atoms with van der Waals surface area (Å²) in [5.41, 5.74) is 2.55. The molecule has 4 nitrogen and oxygen atoms in total. The molecule has 0 saturated heterocycles. The van der Waals surface area contributed by atoms with Crippen LogP contribution in [0.2, 0.25) is 0 Å². The second-order valence-electron chi connectivity index (χ2n) is 4.88. The van der Waals surface area contributed by atoms with E-state index in [-0.39, 0.29) is 25.6 Å². The Labute approximate surface area is 129 Å². The summed E-state index contributed by atoms with van der Waals surface area (Å²) in [6.45, 7) is 2.48. The predicted molar refractivity (Wildman–Crippen MR) is 82.2 cm³/mol. The predicted octanol–water partition coefficient (Wildman–Crippen LogP) is 3.38. The second kappa shape index (κ2) is 7.84. The average molecular weight is 295 g/mol. The normalized spacial score (nSPS) is 9.82. The van der Waals surface area contributed by atoms with Crippen molar-refractivity contribution in [2.45, 2.75) is 20.0 Å². The van der Waals surface area contributed by atoms with Crippen molar-refractivity contribution in [3.63, 3.8) is 0 Å². The van der Waals surface area contributed by atoms with Crippen LogP contribution in [0, 0.1) is 18.3 Å². The van der Waals surface area contributed by atoms with Crippen molar-refractivity contribution >= 4 is 5.97 Å². The van der Waals surface area contributed by atoms with Crippen molar-refractivity contribution in [3.8, 4) is 11.8 Å². The summed E-state index contributed by atoms with van der Waals surface area (Å²) in [5.74, 6) is 0.442. The quantitative estimate of drug-likeness (QED) is 0.767. The minimum atomic E-state index is -0.308. The lowest BCUT2D eigenvalue weighted by molar-refractivity contribution is -0.145. The zero-order valence-corrected chi connectivity index (χ0v) is 12.4. The van der Waals surface area contributed by atoms with E-state index in [0.717, 1.165) is 16.9 Å². The summed E-state index contributed by atoms with van der Waals surface area (Å²) in [5, 5.41) is 8.71. The highest BCUT2D eigenvalue weighted by molar-refractivity contribution is 5.69. The van der Waals surface area contributed by atoms with E-state index in [4.69, 9.17) is 14.7 Å². The molecule has 0 fully saturated rings. The van der Waals surface area contributed by atoms with Crippen LogP contribution in [0.3, 0.4) is 0 Å². The Kier molecular flexibility index (Phi) is 5.56. The largest absolute Gasteiger partial charge is 0.493 e. The van der Waals surface area contributed by atoms with Crippen LogP contribution in [0.4, 0.5) is 0 Å². The smallest absolute Gasteiger partial charge is 0.309 e. The fourth-order valence-electron chi connectivity index (χ4n) is 1.87. The number of ether oxygens (including phenoxy) is 2. The van der Waals surface area contributed by atoms with Crippen molar-refractivity contribution < 1.29 is 14.3 Å². The highest BCUT2D eigenvalue weighted by Gasteiger charge is 2.04. The monoisotopic (exact) mass is 295 g/mol. The van der Waals surface area contributed by atoms with Gasteiger partial charge in [0, 0.05) is 0 Å². The number of carbonyl (C=O) groups is 1. The number of hydrogen-bond acceptors (Lipinski definition) is 4. The first kappa shape index (κ1) is 15.6. The maximum Gasteiger partial charge on any atom is 0.309 e. The van der Waals surface area contributed by atoms with Crippen LogP contribution in [-0.2, 0) is 16.1 Å². The van der Waals surface area contributed by atoms with Crippen LogP contribution in [0.25, 0.3) is 0 Å². The molecule has 0 spiro atoms. The van der Waals surface area contributed by atoms with Crippen LogP contribution in [0.15, 0.2) is 48.5 Å². The molecule has 0 bridgehead atoms. The molecule has 0 saturated carbocycles. The number of nitriles is 1. The molecular weight excluding hydrogens is 278 g/mol. The van der Waals surface area contributed by atoms with Crippen molar-refractivity contribution in [2.24, 2.45) is 0 Å². The van der Waals surface area contributed by atoms with Crippen LogP contribution in [0.5, 0.6) is 5.75 Å². The first-order valence-corrected chi connectivity index (χ1v) is 7.01. The number of hydrogen-bond donors (Lipinski definition) is 0. The Morgan fingerprint density at radius 1 is 1.18 bits per heavy atom. The molecule has 112 valence electrons. The molecule has 2 rings (SSSR count). The number of rotatable bonds is 6. The summed E-state index contributed by atoms with van der Waals surface area (Å²) >= 11 is 0. The Hall–Kier alpha value is -2.80. The number of benzene rings is 2. The van der Waals surface area contributed by atoms with Gasteiger partial charge in [0.2, 0.25) is 0 Å². The van der Waals surface area contributed by atoms with Gasteiger partial charge in [-0.1, -0.05) is 24.3 Å². The van der Waals surface area contributed by atoms with Gasteiger partial charge in [-0.25, -0.2) is 0 Å². The minimum absolute atomic E-state index is 0.199. The fraction of sp³-hybridized carbons (Fsp3) is 0.222. The van der Waals surface area contributed by atoms with E-state index in [9.17, 15) is 4.79 Å². The van der Waals surface area contributed by atoms with Gasteiger partial charge in [0.15, 0.2) is 0 Å². The molecule has 4 heteroatoms. The molecule has 0 aliphatic heterocycles. The van der Waals surface area contributed by atoms with E-state index in [0.29, 0.717) is 5.56 Å². The van der Waals surface area contributed by atoms with Crippen molar-refractivity contribution in [3.05, 3.63) is 65.2 Å². The standard InChI is InChI=1S/C18H17NO3/c1-14-3-2-4-17(11-14)21-10-9-18(20)22-13-16-7-5-15(12-19)6-8-16/h2-8,11H,9-10,13H2,1H3. The van der Waals surface area contributed by atoms with E-state index in [1.807, 2.05) is 37.3 Å². The molecule has 22 heavy (non-hydrogen) atoms. The van der Waals surface area contributed by atoms with Gasteiger partial charge in [-0.15, -0.1) is 0 Å². The summed E-state index contributed by atoms with van der Waals surface area (Å²) in [6, 6.07) is 16.7. The van der Waals surface area contributed by atoms with Crippen LogP contribution < -0.4 is 4.74 Å². The topological polar surface area (TPSA) is 59.3 Å². The van der Waals surface area contributed by atoms with E-state index < -0.39 is 0 Å². The van der Waals surface area contributed by atoms with E-state index in [1.54, 1.807) is 24.3 Å². The van der Waals surface area contributed by atoms with E-state index in [2.05, 4.69) is 0 Å². The Balaban J connectivity index is 1.70. The lowest BCUT2D eigenvalue weighted by Crippen LogP contribution is -2.10.